The maximum absolute atomic E-state index is 2.72. The Bertz CT molecular complexity index is 3120. The highest BCUT2D eigenvalue weighted by Gasteiger charge is 2.53. The summed E-state index contributed by atoms with van der Waals surface area (Å²) in [6.45, 7) is 4.94. The van der Waals surface area contributed by atoms with E-state index in [-0.39, 0.29) is 17.5 Å². The molecule has 0 radical (unpaired) electrons. The van der Waals surface area contributed by atoms with Crippen LogP contribution >= 0.6 is 0 Å². The van der Waals surface area contributed by atoms with Crippen LogP contribution in [0.5, 0.6) is 0 Å². The Morgan fingerprint density at radius 1 is 0.462 bits per heavy atom. The molecule has 314 valence electrons. The highest BCUT2D eigenvalue weighted by Crippen LogP contribution is 2.62. The number of hydrogen-bond donors (Lipinski definition) is 0. The van der Waals surface area contributed by atoms with Crippen molar-refractivity contribution in [3.8, 4) is 11.1 Å². The molecule has 5 aliphatic carbocycles. The van der Waals surface area contributed by atoms with Gasteiger partial charge in [0.25, 0.3) is 6.71 Å². The zero-order valence-electron chi connectivity index (χ0n) is 37.3. The van der Waals surface area contributed by atoms with Crippen LogP contribution in [-0.4, -0.2) is 6.71 Å². The smallest absolute Gasteiger partial charge is 0.252 e. The van der Waals surface area contributed by atoms with E-state index in [4.69, 9.17) is 0 Å². The van der Waals surface area contributed by atoms with Gasteiger partial charge in [-0.15, -0.1) is 0 Å². The summed E-state index contributed by atoms with van der Waals surface area (Å²) in [4.78, 5) is 7.78. The first-order valence-electron chi connectivity index (χ1n) is 24.1. The molecule has 4 saturated carbocycles. The van der Waals surface area contributed by atoms with Crippen molar-refractivity contribution in [1.82, 2.24) is 0 Å². The van der Waals surface area contributed by atoms with Gasteiger partial charge in [0, 0.05) is 50.9 Å². The molecule has 0 amide bonds. The molecule has 4 bridgehead atoms. The molecule has 65 heavy (non-hydrogen) atoms. The Balaban J connectivity index is 1.07. The van der Waals surface area contributed by atoms with Gasteiger partial charge in [-0.05, 0) is 179 Å². The predicted octanol–water partition coefficient (Wildman–Crippen LogP) is 14.0. The second-order valence-electron chi connectivity index (χ2n) is 20.7. The molecule has 2 aliphatic heterocycles. The number of hydrogen-bond acceptors (Lipinski definition) is 3. The molecule has 3 nitrogen and oxygen atoms in total. The highest BCUT2D eigenvalue weighted by atomic mass is 15.2. The standard InChI is InChI=1S/C61H52BN3/c1-60(2)50-25-13-12-23-48(50)49-24-16-28-54(58(49)60)65-53-27-15-14-26-51(53)62-52-30-29-47(63(44-17-6-3-7-18-44)45-19-8-4-9-20-45)36-55(52)64(46-21-10-5-11-22-46)56-34-43(35-57(65)59(56)62)61-37-40-31-41(38-61)33-42(32-40)39-61/h3-30,34-36,40-42H,31-33,37-39H2,1-2H3. The van der Waals surface area contributed by atoms with E-state index in [9.17, 15) is 0 Å². The Morgan fingerprint density at radius 2 is 1.02 bits per heavy atom. The maximum atomic E-state index is 2.72. The van der Waals surface area contributed by atoms with E-state index >= 15 is 0 Å². The van der Waals surface area contributed by atoms with Crippen molar-refractivity contribution in [2.24, 2.45) is 17.8 Å². The lowest BCUT2D eigenvalue weighted by Gasteiger charge is -2.57. The fraction of sp³-hybridized carbons (Fsp3) is 0.213. The van der Waals surface area contributed by atoms with E-state index in [1.165, 1.54) is 111 Å². The van der Waals surface area contributed by atoms with E-state index < -0.39 is 0 Å². The van der Waals surface area contributed by atoms with Gasteiger partial charge in [0.15, 0.2) is 0 Å². The maximum Gasteiger partial charge on any atom is 0.252 e. The van der Waals surface area contributed by atoms with Crippen molar-refractivity contribution < 1.29 is 0 Å². The van der Waals surface area contributed by atoms with Crippen LogP contribution < -0.4 is 31.1 Å². The lowest BCUT2D eigenvalue weighted by molar-refractivity contribution is -0.00514. The average molecular weight is 838 g/mol. The van der Waals surface area contributed by atoms with Crippen LogP contribution in [-0.2, 0) is 10.8 Å². The Kier molecular flexibility index (Phi) is 8.02. The van der Waals surface area contributed by atoms with Crippen LogP contribution in [0.15, 0.2) is 188 Å². The third-order valence-electron chi connectivity index (χ3n) is 16.7. The van der Waals surface area contributed by atoms with E-state index in [0.29, 0.717) is 0 Å². The number of rotatable bonds is 6. The fourth-order valence-corrected chi connectivity index (χ4v) is 14.6. The molecule has 8 aromatic carbocycles. The quantitative estimate of drug-likeness (QED) is 0.155. The summed E-state index contributed by atoms with van der Waals surface area (Å²) in [7, 11) is 0. The molecular formula is C61H52BN3. The number of anilines is 9. The van der Waals surface area contributed by atoms with Crippen molar-refractivity contribution >= 4 is 74.3 Å². The van der Waals surface area contributed by atoms with Crippen molar-refractivity contribution in [3.63, 3.8) is 0 Å². The van der Waals surface area contributed by atoms with Crippen LogP contribution in [0.25, 0.3) is 11.1 Å². The second kappa shape index (κ2) is 13.9. The minimum atomic E-state index is -0.172. The molecule has 4 heteroatoms. The summed E-state index contributed by atoms with van der Waals surface area (Å²) in [5.41, 5.74) is 22.4. The van der Waals surface area contributed by atoms with Gasteiger partial charge in [-0.1, -0.05) is 129 Å². The SMILES string of the molecule is CC1(C)c2ccccc2-c2cccc(N3c4ccccc4B4c5ccc(N(c6ccccc6)c6ccccc6)cc5N(c5ccccc5)c5cc(C67CC8CC(CC(C8)C6)C7)cc3c54)c21. The topological polar surface area (TPSA) is 9.72 Å². The van der Waals surface area contributed by atoms with Gasteiger partial charge in [-0.25, -0.2) is 0 Å². The summed E-state index contributed by atoms with van der Waals surface area (Å²) in [6.07, 6.45) is 8.22. The molecule has 7 aliphatic rings. The zero-order chi connectivity index (χ0) is 43.0. The van der Waals surface area contributed by atoms with Gasteiger partial charge < -0.3 is 14.7 Å². The third-order valence-corrected chi connectivity index (χ3v) is 16.7. The monoisotopic (exact) mass is 837 g/mol. The molecule has 15 rings (SSSR count). The Labute approximate surface area is 384 Å². The van der Waals surface area contributed by atoms with Crippen molar-refractivity contribution in [2.45, 2.75) is 63.2 Å². The van der Waals surface area contributed by atoms with Crippen LogP contribution in [0.2, 0.25) is 0 Å². The van der Waals surface area contributed by atoms with Crippen molar-refractivity contribution in [3.05, 3.63) is 205 Å². The molecule has 4 fully saturated rings. The summed E-state index contributed by atoms with van der Waals surface area (Å²) in [5, 5.41) is 0. The largest absolute Gasteiger partial charge is 0.311 e. The van der Waals surface area contributed by atoms with Crippen LogP contribution in [0.4, 0.5) is 51.2 Å². The van der Waals surface area contributed by atoms with Gasteiger partial charge in [-0.3, -0.25) is 0 Å². The molecule has 0 atom stereocenters. The van der Waals surface area contributed by atoms with E-state index in [2.05, 4.69) is 217 Å². The summed E-state index contributed by atoms with van der Waals surface area (Å²) in [6, 6.07) is 71.3. The number of benzene rings is 8. The van der Waals surface area contributed by atoms with Gasteiger partial charge >= 0.3 is 0 Å². The molecule has 0 N–H and O–H groups in total. The number of nitrogens with zero attached hydrogens (tertiary/aromatic N) is 3. The summed E-state index contributed by atoms with van der Waals surface area (Å²) < 4.78 is 0. The van der Waals surface area contributed by atoms with E-state index in [1.54, 1.807) is 5.56 Å². The molecule has 0 unspecified atom stereocenters. The summed E-state index contributed by atoms with van der Waals surface area (Å²) >= 11 is 0. The minimum absolute atomic E-state index is 0.0470. The Hall–Kier alpha value is -6.78. The minimum Gasteiger partial charge on any atom is -0.311 e. The molecule has 0 saturated heterocycles. The highest BCUT2D eigenvalue weighted by molar-refractivity contribution is 7.00. The van der Waals surface area contributed by atoms with Gasteiger partial charge in [0.1, 0.15) is 0 Å². The van der Waals surface area contributed by atoms with Gasteiger partial charge in [0.2, 0.25) is 0 Å². The van der Waals surface area contributed by atoms with Crippen LogP contribution in [0.3, 0.4) is 0 Å². The zero-order valence-corrected chi connectivity index (χ0v) is 37.3. The van der Waals surface area contributed by atoms with Crippen LogP contribution in [0.1, 0.15) is 69.1 Å². The van der Waals surface area contributed by atoms with Crippen molar-refractivity contribution in [2.75, 3.05) is 14.7 Å². The summed E-state index contributed by atoms with van der Waals surface area (Å²) in [5.74, 6) is 2.51. The number of fused-ring (bicyclic) bond motifs is 7. The van der Waals surface area contributed by atoms with Crippen molar-refractivity contribution in [1.29, 1.82) is 0 Å². The molecule has 2 heterocycles. The normalized spacial score (nSPS) is 22.2. The first kappa shape index (κ1) is 37.6. The van der Waals surface area contributed by atoms with E-state index in [0.717, 1.165) is 34.8 Å². The first-order valence-corrected chi connectivity index (χ1v) is 24.1. The first-order chi connectivity index (χ1) is 31.9. The molecule has 8 aromatic rings. The molecule has 0 aromatic heterocycles. The van der Waals surface area contributed by atoms with Gasteiger partial charge in [0.05, 0.1) is 5.69 Å². The Morgan fingerprint density at radius 3 is 1.71 bits per heavy atom. The van der Waals surface area contributed by atoms with Crippen LogP contribution in [0, 0.1) is 17.8 Å². The lowest BCUT2D eigenvalue weighted by atomic mass is 9.33. The fourth-order valence-electron chi connectivity index (χ4n) is 14.6. The molecular weight excluding hydrogens is 786 g/mol. The molecule has 0 spiro atoms. The average Bonchev–Trinajstić information content (AvgIpc) is 3.58. The third kappa shape index (κ3) is 5.43. The second-order valence-corrected chi connectivity index (χ2v) is 20.7. The predicted molar refractivity (Wildman–Crippen MR) is 273 cm³/mol. The lowest BCUT2D eigenvalue weighted by Crippen LogP contribution is -2.61. The number of para-hydroxylation sites is 4. The van der Waals surface area contributed by atoms with E-state index in [1.807, 2.05) is 0 Å². The van der Waals surface area contributed by atoms with Gasteiger partial charge in [-0.2, -0.15) is 0 Å².